The van der Waals surface area contributed by atoms with Crippen molar-refractivity contribution in [3.8, 4) is 0 Å². The van der Waals surface area contributed by atoms with Gasteiger partial charge in [-0.3, -0.25) is 4.79 Å². The van der Waals surface area contributed by atoms with Crippen molar-refractivity contribution in [3.05, 3.63) is 0 Å². The summed E-state index contributed by atoms with van der Waals surface area (Å²) in [5.74, 6) is -0.0789. The predicted octanol–water partition coefficient (Wildman–Crippen LogP) is 0.989. The van der Waals surface area contributed by atoms with Gasteiger partial charge in [-0.15, -0.1) is 0 Å². The van der Waals surface area contributed by atoms with E-state index in [1.165, 1.54) is 7.11 Å². The molecular weight excluding hydrogens is 196 g/mol. The molecule has 0 heterocycles. The minimum Gasteiger partial charge on any atom is -0.453 e. The van der Waals surface area contributed by atoms with Crippen LogP contribution in [0.5, 0.6) is 0 Å². The van der Waals surface area contributed by atoms with Crippen molar-refractivity contribution in [2.24, 2.45) is 0 Å². The minimum atomic E-state index is -0.580. The van der Waals surface area contributed by atoms with Gasteiger partial charge in [0.05, 0.1) is 7.11 Å². The number of likely N-dealkylation sites (N-methyl/N-ethyl adjacent to an activating group) is 1. The van der Waals surface area contributed by atoms with Crippen LogP contribution in [0, 0.1) is 0 Å². The zero-order valence-corrected chi connectivity index (χ0v) is 9.87. The average molecular weight is 216 g/mol. The second-order valence-corrected chi connectivity index (χ2v) is 3.28. The van der Waals surface area contributed by atoms with E-state index in [9.17, 15) is 9.59 Å². The van der Waals surface area contributed by atoms with Crippen LogP contribution >= 0.6 is 0 Å². The van der Waals surface area contributed by atoms with Crippen molar-refractivity contribution in [3.63, 3.8) is 0 Å². The third-order valence-corrected chi connectivity index (χ3v) is 2.08. The van der Waals surface area contributed by atoms with Crippen LogP contribution in [0.15, 0.2) is 0 Å². The second kappa shape index (κ2) is 7.09. The fourth-order valence-corrected chi connectivity index (χ4v) is 1.27. The molecule has 0 bridgehead atoms. The highest BCUT2D eigenvalue weighted by Gasteiger charge is 2.20. The summed E-state index contributed by atoms with van der Waals surface area (Å²) in [6.45, 7) is 6.94. The molecule has 5 heteroatoms. The first kappa shape index (κ1) is 13.7. The Morgan fingerprint density at radius 3 is 2.40 bits per heavy atom. The number of alkyl carbamates (subject to hydrolysis) is 1. The number of amides is 2. The van der Waals surface area contributed by atoms with Crippen LogP contribution < -0.4 is 5.32 Å². The summed E-state index contributed by atoms with van der Waals surface area (Å²) < 4.78 is 4.42. The maximum Gasteiger partial charge on any atom is 0.407 e. The monoisotopic (exact) mass is 216 g/mol. The number of nitrogens with zero attached hydrogens (tertiary/aromatic N) is 1. The van der Waals surface area contributed by atoms with Gasteiger partial charge in [-0.25, -0.2) is 4.79 Å². The first-order valence-electron chi connectivity index (χ1n) is 5.20. The average Bonchev–Trinajstić information content (AvgIpc) is 2.24. The van der Waals surface area contributed by atoms with Gasteiger partial charge in [-0.2, -0.15) is 0 Å². The summed E-state index contributed by atoms with van der Waals surface area (Å²) in [4.78, 5) is 24.4. The molecule has 0 fully saturated rings. The van der Waals surface area contributed by atoms with Crippen molar-refractivity contribution in [1.82, 2.24) is 10.2 Å². The zero-order valence-electron chi connectivity index (χ0n) is 9.87. The summed E-state index contributed by atoms with van der Waals surface area (Å²) in [5, 5.41) is 2.45. The van der Waals surface area contributed by atoms with Gasteiger partial charge in [0.2, 0.25) is 5.91 Å². The van der Waals surface area contributed by atoms with Crippen LogP contribution in [-0.4, -0.2) is 43.1 Å². The van der Waals surface area contributed by atoms with Crippen LogP contribution in [-0.2, 0) is 9.53 Å². The predicted molar refractivity (Wildman–Crippen MR) is 57.5 cm³/mol. The lowest BCUT2D eigenvalue weighted by atomic mass is 10.2. The van der Waals surface area contributed by atoms with E-state index in [-0.39, 0.29) is 5.91 Å². The highest BCUT2D eigenvalue weighted by Crippen LogP contribution is 1.97. The van der Waals surface area contributed by atoms with Crippen molar-refractivity contribution < 1.29 is 14.3 Å². The second-order valence-electron chi connectivity index (χ2n) is 3.28. The normalized spacial score (nSPS) is 11.7. The number of carbonyl (C=O) groups excluding carboxylic acids is 2. The molecule has 0 aliphatic rings. The number of hydrogen-bond donors (Lipinski definition) is 1. The van der Waals surface area contributed by atoms with Gasteiger partial charge in [-0.1, -0.05) is 6.92 Å². The highest BCUT2D eigenvalue weighted by molar-refractivity contribution is 5.85. The first-order chi connectivity index (χ1) is 7.06. The van der Waals surface area contributed by atoms with E-state index in [0.717, 1.165) is 6.42 Å². The van der Waals surface area contributed by atoms with E-state index in [2.05, 4.69) is 10.1 Å². The molecule has 0 aliphatic carbocycles. The van der Waals surface area contributed by atoms with Crippen LogP contribution in [0.1, 0.15) is 27.2 Å². The Morgan fingerprint density at radius 2 is 2.00 bits per heavy atom. The minimum absolute atomic E-state index is 0.0789. The molecule has 0 spiro atoms. The molecule has 0 saturated carbocycles. The molecule has 0 radical (unpaired) electrons. The molecular formula is C10H20N2O3. The lowest BCUT2D eigenvalue weighted by Gasteiger charge is -2.24. The van der Waals surface area contributed by atoms with Gasteiger partial charge in [0.1, 0.15) is 6.04 Å². The standard InChI is InChI=1S/C10H20N2O3/c1-5-7-12(6-2)9(13)8(3)11-10(14)15-4/h8H,5-7H2,1-4H3,(H,11,14). The van der Waals surface area contributed by atoms with Gasteiger partial charge in [-0.05, 0) is 20.3 Å². The van der Waals surface area contributed by atoms with Crippen molar-refractivity contribution in [2.45, 2.75) is 33.2 Å². The van der Waals surface area contributed by atoms with Crippen LogP contribution in [0.25, 0.3) is 0 Å². The van der Waals surface area contributed by atoms with E-state index >= 15 is 0 Å². The molecule has 0 aliphatic heterocycles. The number of nitrogens with one attached hydrogen (secondary N) is 1. The Balaban J connectivity index is 4.21. The molecule has 5 nitrogen and oxygen atoms in total. The molecule has 88 valence electrons. The lowest BCUT2D eigenvalue weighted by Crippen LogP contribution is -2.47. The third kappa shape index (κ3) is 4.67. The Morgan fingerprint density at radius 1 is 1.40 bits per heavy atom. The maximum absolute atomic E-state index is 11.8. The fourth-order valence-electron chi connectivity index (χ4n) is 1.27. The van der Waals surface area contributed by atoms with E-state index in [1.807, 2.05) is 13.8 Å². The van der Waals surface area contributed by atoms with E-state index < -0.39 is 12.1 Å². The topological polar surface area (TPSA) is 58.6 Å². The van der Waals surface area contributed by atoms with Crippen molar-refractivity contribution >= 4 is 12.0 Å². The Hall–Kier alpha value is -1.26. The first-order valence-corrected chi connectivity index (χ1v) is 5.20. The van der Waals surface area contributed by atoms with E-state index in [0.29, 0.717) is 13.1 Å². The number of ether oxygens (including phenoxy) is 1. The largest absolute Gasteiger partial charge is 0.453 e. The fraction of sp³-hybridized carbons (Fsp3) is 0.800. The third-order valence-electron chi connectivity index (χ3n) is 2.08. The highest BCUT2D eigenvalue weighted by atomic mass is 16.5. The smallest absolute Gasteiger partial charge is 0.407 e. The summed E-state index contributed by atoms with van der Waals surface area (Å²) in [5.41, 5.74) is 0. The Kier molecular flexibility index (Phi) is 6.49. The maximum atomic E-state index is 11.8. The zero-order chi connectivity index (χ0) is 11.8. The Bertz CT molecular complexity index is 219. The summed E-state index contributed by atoms with van der Waals surface area (Å²) in [6, 6.07) is -0.538. The van der Waals surface area contributed by atoms with Gasteiger partial charge in [0, 0.05) is 13.1 Å². The molecule has 2 amide bonds. The molecule has 0 aromatic heterocycles. The van der Waals surface area contributed by atoms with E-state index in [1.54, 1.807) is 11.8 Å². The van der Waals surface area contributed by atoms with Gasteiger partial charge in [0.15, 0.2) is 0 Å². The molecule has 15 heavy (non-hydrogen) atoms. The molecule has 0 rings (SSSR count). The molecule has 0 saturated heterocycles. The molecule has 1 unspecified atom stereocenters. The number of rotatable bonds is 5. The van der Waals surface area contributed by atoms with Crippen molar-refractivity contribution in [2.75, 3.05) is 20.2 Å². The summed E-state index contributed by atoms with van der Waals surface area (Å²) in [6.07, 6.45) is 0.327. The summed E-state index contributed by atoms with van der Waals surface area (Å²) in [7, 11) is 1.27. The SMILES string of the molecule is CCCN(CC)C(=O)C(C)NC(=O)OC. The Labute approximate surface area is 90.8 Å². The molecule has 1 atom stereocenters. The number of carbonyl (C=O) groups is 2. The lowest BCUT2D eigenvalue weighted by molar-refractivity contribution is -0.132. The van der Waals surface area contributed by atoms with E-state index in [4.69, 9.17) is 0 Å². The van der Waals surface area contributed by atoms with Crippen molar-refractivity contribution in [1.29, 1.82) is 0 Å². The van der Waals surface area contributed by atoms with Gasteiger partial charge >= 0.3 is 6.09 Å². The van der Waals surface area contributed by atoms with Gasteiger partial charge < -0.3 is 15.0 Å². The summed E-state index contributed by atoms with van der Waals surface area (Å²) >= 11 is 0. The number of hydrogen-bond acceptors (Lipinski definition) is 3. The molecule has 0 aromatic carbocycles. The quantitative estimate of drug-likeness (QED) is 0.745. The number of methoxy groups -OCH3 is 1. The van der Waals surface area contributed by atoms with Crippen LogP contribution in [0.4, 0.5) is 4.79 Å². The molecule has 0 aromatic rings. The van der Waals surface area contributed by atoms with Crippen LogP contribution in [0.3, 0.4) is 0 Å². The van der Waals surface area contributed by atoms with Crippen LogP contribution in [0.2, 0.25) is 0 Å². The van der Waals surface area contributed by atoms with Gasteiger partial charge in [0.25, 0.3) is 0 Å². The molecule has 1 N–H and O–H groups in total.